The number of β-lactam (4-membered cyclic amide) rings is 1. The fourth-order valence-corrected chi connectivity index (χ4v) is 4.64. The highest BCUT2D eigenvalue weighted by molar-refractivity contribution is 9.28. The number of rotatable bonds is 5. The van der Waals surface area contributed by atoms with Gasteiger partial charge in [0.1, 0.15) is 11.4 Å². The second-order valence-electron chi connectivity index (χ2n) is 5.77. The van der Waals surface area contributed by atoms with Gasteiger partial charge in [-0.05, 0) is 54.5 Å². The molecule has 6 nitrogen and oxygen atoms in total. The number of fused-ring (bicyclic) bond motifs is 1. The van der Waals surface area contributed by atoms with E-state index in [1.807, 2.05) is 30.3 Å². The van der Waals surface area contributed by atoms with E-state index in [1.54, 1.807) is 11.5 Å². The number of hydrogen-bond donors (Lipinski definition) is 2. The lowest BCUT2D eigenvalue weighted by Gasteiger charge is -2.51. The summed E-state index contributed by atoms with van der Waals surface area (Å²) in [6.45, 7) is 0. The Labute approximate surface area is 171 Å². The van der Waals surface area contributed by atoms with Gasteiger partial charge >= 0.3 is 5.97 Å². The van der Waals surface area contributed by atoms with Crippen molar-refractivity contribution in [2.45, 2.75) is 23.9 Å². The molecule has 9 heteroatoms. The monoisotopic (exact) mass is 500 g/mol. The van der Waals surface area contributed by atoms with E-state index in [0.29, 0.717) is 8.96 Å². The third kappa shape index (κ3) is 3.89. The van der Waals surface area contributed by atoms with Crippen LogP contribution in [-0.2, 0) is 20.8 Å². The molecule has 0 bridgehead atoms. The van der Waals surface area contributed by atoms with Crippen LogP contribution in [0.4, 0.5) is 0 Å². The van der Waals surface area contributed by atoms with Crippen LogP contribution in [0.5, 0.6) is 0 Å². The van der Waals surface area contributed by atoms with E-state index in [1.165, 1.54) is 16.7 Å². The molecular formula is C17H14Br2N2O4S. The summed E-state index contributed by atoms with van der Waals surface area (Å²) in [6.07, 6.45) is 1.78. The van der Waals surface area contributed by atoms with Crippen LogP contribution in [0.2, 0.25) is 0 Å². The number of carbonyl (C=O) groups is 3. The van der Waals surface area contributed by atoms with Crippen molar-refractivity contribution in [3.8, 4) is 0 Å². The number of amides is 2. The molecule has 1 aromatic carbocycles. The van der Waals surface area contributed by atoms with Gasteiger partial charge in [-0.1, -0.05) is 30.3 Å². The van der Waals surface area contributed by atoms with Crippen molar-refractivity contribution in [1.29, 1.82) is 0 Å². The fraction of sp³-hybridized carbons (Fsp3) is 0.235. The Morgan fingerprint density at radius 2 is 1.96 bits per heavy atom. The van der Waals surface area contributed by atoms with Crippen LogP contribution in [-0.4, -0.2) is 45.2 Å². The summed E-state index contributed by atoms with van der Waals surface area (Å²) in [7, 11) is 0. The first-order chi connectivity index (χ1) is 12.4. The van der Waals surface area contributed by atoms with Gasteiger partial charge in [0.15, 0.2) is 6.04 Å². The Balaban J connectivity index is 1.71. The maximum atomic E-state index is 12.5. The zero-order chi connectivity index (χ0) is 18.8. The van der Waals surface area contributed by atoms with Crippen molar-refractivity contribution in [3.05, 3.63) is 56.3 Å². The molecule has 26 heavy (non-hydrogen) atoms. The van der Waals surface area contributed by atoms with E-state index >= 15 is 0 Å². The highest BCUT2D eigenvalue weighted by atomic mass is 79.9. The van der Waals surface area contributed by atoms with Gasteiger partial charge in [-0.25, -0.2) is 4.79 Å². The molecule has 0 radical (unpaired) electrons. The van der Waals surface area contributed by atoms with E-state index < -0.39 is 23.4 Å². The Morgan fingerprint density at radius 1 is 1.27 bits per heavy atom. The average Bonchev–Trinajstić information content (AvgIpc) is 2.59. The van der Waals surface area contributed by atoms with Crippen molar-refractivity contribution in [2.24, 2.45) is 0 Å². The number of nitrogens with one attached hydrogen (secondary N) is 1. The van der Waals surface area contributed by atoms with Crippen LogP contribution in [0.15, 0.2) is 50.8 Å². The highest BCUT2D eigenvalue weighted by Crippen LogP contribution is 2.41. The normalized spacial score (nSPS) is 24.1. The smallest absolute Gasteiger partial charge is 0.331 e. The number of aliphatic carboxylic acids is 1. The zero-order valence-electron chi connectivity index (χ0n) is 13.3. The van der Waals surface area contributed by atoms with Gasteiger partial charge in [-0.15, -0.1) is 11.8 Å². The van der Waals surface area contributed by atoms with Crippen LogP contribution in [0.25, 0.3) is 0 Å². The predicted octanol–water partition coefficient (Wildman–Crippen LogP) is 2.60. The lowest BCUT2D eigenvalue weighted by Crippen LogP contribution is -2.73. The molecule has 0 aromatic heterocycles. The molecule has 2 unspecified atom stereocenters. The summed E-state index contributed by atoms with van der Waals surface area (Å²) in [6, 6.07) is 7.44. The molecule has 2 N–H and O–H groups in total. The lowest BCUT2D eigenvalue weighted by atomic mass is 9.98. The first kappa shape index (κ1) is 19.2. The first-order valence-electron chi connectivity index (χ1n) is 7.65. The van der Waals surface area contributed by atoms with Crippen LogP contribution in [0.3, 0.4) is 0 Å². The van der Waals surface area contributed by atoms with Crippen LogP contribution >= 0.6 is 43.6 Å². The minimum Gasteiger partial charge on any atom is -0.479 e. The summed E-state index contributed by atoms with van der Waals surface area (Å²) in [5.41, 5.74) is 1.34. The van der Waals surface area contributed by atoms with Gasteiger partial charge in [0.2, 0.25) is 11.8 Å². The molecule has 1 fully saturated rings. The predicted molar refractivity (Wildman–Crippen MR) is 106 cm³/mol. The Kier molecular flexibility index (Phi) is 5.89. The molecule has 0 spiro atoms. The topological polar surface area (TPSA) is 86.7 Å². The quantitative estimate of drug-likeness (QED) is 0.605. The summed E-state index contributed by atoms with van der Waals surface area (Å²) >= 11 is 7.73. The van der Waals surface area contributed by atoms with Gasteiger partial charge in [0.25, 0.3) is 0 Å². The van der Waals surface area contributed by atoms with E-state index in [2.05, 4.69) is 37.2 Å². The Hall–Kier alpha value is -1.58. The highest BCUT2D eigenvalue weighted by Gasteiger charge is 2.55. The van der Waals surface area contributed by atoms with Crippen molar-refractivity contribution in [2.75, 3.05) is 0 Å². The molecule has 0 aliphatic carbocycles. The summed E-state index contributed by atoms with van der Waals surface area (Å²) in [5.74, 6) is -1.76. The average molecular weight is 502 g/mol. The number of thioether (sulfide) groups is 1. The number of benzene rings is 1. The number of carboxylic acids is 1. The third-order valence-corrected chi connectivity index (χ3v) is 5.70. The number of carbonyl (C=O) groups excluding carboxylic acids is 2. The number of carboxylic acid groups (broad SMARTS) is 1. The number of halogens is 2. The Bertz CT molecular complexity index is 808. The SMILES string of the molecule is O=C(Cc1ccccc1)NC1C(=O)N2C(C(=O)O)C(C=C(Br)Br)=CS[C@H]12. The minimum absolute atomic E-state index is 0.171. The summed E-state index contributed by atoms with van der Waals surface area (Å²) in [4.78, 5) is 37.7. The lowest BCUT2D eigenvalue weighted by molar-refractivity contribution is -0.159. The molecule has 0 saturated carbocycles. The van der Waals surface area contributed by atoms with Gasteiger partial charge < -0.3 is 15.3 Å². The number of nitrogens with zero attached hydrogens (tertiary/aromatic N) is 1. The molecule has 2 amide bonds. The molecule has 2 aliphatic heterocycles. The molecular weight excluding hydrogens is 488 g/mol. The number of hydrogen-bond acceptors (Lipinski definition) is 4. The second-order valence-corrected chi connectivity index (χ2v) is 9.54. The summed E-state index contributed by atoms with van der Waals surface area (Å²) in [5, 5.41) is 13.5. The first-order valence-corrected chi connectivity index (χ1v) is 10.2. The van der Waals surface area contributed by atoms with Crippen LogP contribution in [0.1, 0.15) is 5.56 Å². The van der Waals surface area contributed by atoms with E-state index in [4.69, 9.17) is 0 Å². The van der Waals surface area contributed by atoms with Crippen LogP contribution in [0, 0.1) is 0 Å². The third-order valence-electron chi connectivity index (χ3n) is 4.05. The molecule has 2 aliphatic rings. The standard InChI is InChI=1S/C17H14Br2N2O4S/c18-11(19)7-10-8-26-16-13(15(23)21(16)14(10)17(24)25)20-12(22)6-9-4-2-1-3-5-9/h1-5,7-8,13-14,16H,6H2,(H,20,22)(H,24,25)/t13?,14?,16-/m1/s1. The maximum absolute atomic E-state index is 12.5. The fourth-order valence-electron chi connectivity index (χ4n) is 2.92. The molecule has 2 heterocycles. The largest absolute Gasteiger partial charge is 0.479 e. The molecule has 3 rings (SSSR count). The van der Waals surface area contributed by atoms with Gasteiger partial charge in [0, 0.05) is 0 Å². The minimum atomic E-state index is -1.11. The molecule has 3 atom stereocenters. The van der Waals surface area contributed by atoms with Crippen LogP contribution < -0.4 is 5.32 Å². The van der Waals surface area contributed by atoms with E-state index in [-0.39, 0.29) is 18.2 Å². The van der Waals surface area contributed by atoms with Crippen molar-refractivity contribution in [1.82, 2.24) is 10.2 Å². The molecule has 136 valence electrons. The van der Waals surface area contributed by atoms with Gasteiger partial charge in [-0.2, -0.15) is 0 Å². The van der Waals surface area contributed by atoms with Gasteiger partial charge in [-0.3, -0.25) is 9.59 Å². The summed E-state index contributed by atoms with van der Waals surface area (Å²) < 4.78 is 0.585. The maximum Gasteiger partial charge on any atom is 0.331 e. The molecule has 1 saturated heterocycles. The molecule has 1 aromatic rings. The van der Waals surface area contributed by atoms with Crippen molar-refractivity contribution in [3.63, 3.8) is 0 Å². The van der Waals surface area contributed by atoms with E-state index in [0.717, 1.165) is 5.56 Å². The van der Waals surface area contributed by atoms with E-state index in [9.17, 15) is 19.5 Å². The Morgan fingerprint density at radius 3 is 2.58 bits per heavy atom. The van der Waals surface area contributed by atoms with Crippen molar-refractivity contribution < 1.29 is 19.5 Å². The van der Waals surface area contributed by atoms with Crippen molar-refractivity contribution >= 4 is 61.4 Å². The zero-order valence-corrected chi connectivity index (χ0v) is 17.3. The van der Waals surface area contributed by atoms with Gasteiger partial charge in [0.05, 0.1) is 9.81 Å². The second kappa shape index (κ2) is 7.98.